The fourth-order valence-corrected chi connectivity index (χ4v) is 2.50. The highest BCUT2D eigenvalue weighted by molar-refractivity contribution is 6.50. The minimum absolute atomic E-state index is 0. The Hall–Kier alpha value is 0.985. The van der Waals surface area contributed by atoms with Gasteiger partial charge in [0.15, 0.2) is 0 Å². The second-order valence-electron chi connectivity index (χ2n) is 3.46. The Morgan fingerprint density at radius 3 is 1.62 bits per heavy atom. The largest absolute Gasteiger partial charge is 0.503 e. The van der Waals surface area contributed by atoms with Crippen molar-refractivity contribution in [2.45, 2.75) is 65.2 Å². The molecular formula is C12H36Al2O2. The van der Waals surface area contributed by atoms with Crippen LogP contribution in [0.1, 0.15) is 42.5 Å². The van der Waals surface area contributed by atoms with Crippen LogP contribution >= 0.6 is 0 Å². The molecule has 0 amide bonds. The molecule has 16 heavy (non-hydrogen) atoms. The van der Waals surface area contributed by atoms with E-state index in [0.717, 1.165) is 6.61 Å². The van der Waals surface area contributed by atoms with Crippen molar-refractivity contribution in [3.8, 4) is 0 Å². The van der Waals surface area contributed by atoms with Crippen molar-refractivity contribution in [3.05, 3.63) is 0 Å². The molecule has 0 unspecified atom stereocenters. The third-order valence-electron chi connectivity index (χ3n) is 1.88. The van der Waals surface area contributed by atoms with Crippen molar-refractivity contribution in [3.63, 3.8) is 0 Å². The van der Waals surface area contributed by atoms with Crippen LogP contribution in [0.4, 0.5) is 0 Å². The zero-order valence-electron chi connectivity index (χ0n) is 8.80. The van der Waals surface area contributed by atoms with Crippen LogP contribution in [-0.2, 0) is 7.58 Å². The molecule has 0 atom stereocenters. The molecule has 4 heteroatoms. The van der Waals surface area contributed by atoms with Crippen molar-refractivity contribution in [2.75, 3.05) is 13.7 Å². The van der Waals surface area contributed by atoms with Crippen molar-refractivity contribution < 1.29 is 7.58 Å². The van der Waals surface area contributed by atoms with E-state index in [1.165, 1.54) is 18.1 Å². The van der Waals surface area contributed by atoms with Gasteiger partial charge in [0.2, 0.25) is 0 Å². The Labute approximate surface area is 115 Å². The SMILES string of the molecule is C.C.C.C.C[O][Al]([CH3])[CH3].[CH3][Al]1[CH2]CCC[O]1. The van der Waals surface area contributed by atoms with Crippen LogP contribution < -0.4 is 0 Å². The quantitative estimate of drug-likeness (QED) is 0.632. The molecule has 0 aromatic rings. The van der Waals surface area contributed by atoms with Gasteiger partial charge in [-0.05, 0) is 6.42 Å². The molecular weight excluding hydrogens is 230 g/mol. The first kappa shape index (κ1) is 30.2. The fraction of sp³-hybridized carbons (Fsp3) is 1.00. The van der Waals surface area contributed by atoms with Crippen LogP contribution in [-0.4, -0.2) is 42.7 Å². The lowest BCUT2D eigenvalue weighted by Crippen LogP contribution is -2.18. The average molecular weight is 266 g/mol. The molecule has 0 saturated carbocycles. The van der Waals surface area contributed by atoms with E-state index < -0.39 is 29.0 Å². The van der Waals surface area contributed by atoms with Gasteiger partial charge in [0.05, 0.1) is 0 Å². The molecule has 1 heterocycles. The van der Waals surface area contributed by atoms with E-state index in [-0.39, 0.29) is 29.7 Å². The summed E-state index contributed by atoms with van der Waals surface area (Å²) in [6.45, 7) is 1.05. The molecule has 102 valence electrons. The molecule has 1 aliphatic rings. The molecule has 0 bridgehead atoms. The van der Waals surface area contributed by atoms with Crippen molar-refractivity contribution in [1.29, 1.82) is 0 Å². The van der Waals surface area contributed by atoms with Gasteiger partial charge in [-0.25, -0.2) is 0 Å². The molecule has 0 aromatic carbocycles. The summed E-state index contributed by atoms with van der Waals surface area (Å²) in [7, 11) is 1.76. The highest BCUT2D eigenvalue weighted by Crippen LogP contribution is 2.09. The van der Waals surface area contributed by atoms with Crippen LogP contribution in [0.5, 0.6) is 0 Å². The van der Waals surface area contributed by atoms with Gasteiger partial charge in [-0.3, -0.25) is 0 Å². The van der Waals surface area contributed by atoms with Crippen LogP contribution in [0.15, 0.2) is 0 Å². The monoisotopic (exact) mass is 266 g/mol. The van der Waals surface area contributed by atoms with Gasteiger partial charge in [-0.1, -0.05) is 58.8 Å². The predicted molar refractivity (Wildman–Crippen MR) is 83.0 cm³/mol. The summed E-state index contributed by atoms with van der Waals surface area (Å²) in [5.74, 6) is 6.55. The van der Waals surface area contributed by atoms with E-state index in [9.17, 15) is 0 Å². The van der Waals surface area contributed by atoms with E-state index in [1.807, 2.05) is 0 Å². The minimum Gasteiger partial charge on any atom is -0.503 e. The Morgan fingerprint density at radius 1 is 1.06 bits per heavy atom. The van der Waals surface area contributed by atoms with Crippen LogP contribution in [0.2, 0.25) is 22.6 Å². The van der Waals surface area contributed by atoms with Crippen LogP contribution in [0.3, 0.4) is 0 Å². The molecule has 1 rings (SSSR count). The second-order valence-corrected chi connectivity index (χ2v) is 8.56. The third kappa shape index (κ3) is 24.3. The van der Waals surface area contributed by atoms with Gasteiger partial charge in [0.25, 0.3) is 0 Å². The molecule has 0 N–H and O–H groups in total. The van der Waals surface area contributed by atoms with Crippen molar-refractivity contribution in [2.24, 2.45) is 0 Å². The smallest absolute Gasteiger partial charge is 0.457 e. The lowest BCUT2D eigenvalue weighted by Gasteiger charge is -2.13. The summed E-state index contributed by atoms with van der Waals surface area (Å²) in [4.78, 5) is 0. The molecule has 0 radical (unpaired) electrons. The Kier molecular flexibility index (Phi) is 40.2. The first-order chi connectivity index (χ1) is 5.66. The van der Waals surface area contributed by atoms with Crippen molar-refractivity contribution >= 4 is 29.0 Å². The van der Waals surface area contributed by atoms with Crippen molar-refractivity contribution in [1.82, 2.24) is 0 Å². The lowest BCUT2D eigenvalue weighted by molar-refractivity contribution is 0.291. The maximum absolute atomic E-state index is 5.42. The van der Waals surface area contributed by atoms with E-state index in [0.29, 0.717) is 0 Å². The molecule has 0 aromatic heterocycles. The highest BCUT2D eigenvalue weighted by Gasteiger charge is 2.15. The highest BCUT2D eigenvalue weighted by atomic mass is 27.2. The summed E-state index contributed by atoms with van der Waals surface area (Å²) in [5.41, 5.74) is 0. The normalized spacial score (nSPS) is 12.4. The first-order valence-electron chi connectivity index (χ1n) is 4.81. The summed E-state index contributed by atoms with van der Waals surface area (Å²) < 4.78 is 10.3. The third-order valence-corrected chi connectivity index (χ3v) is 4.85. The first-order valence-corrected chi connectivity index (χ1v) is 10.0. The topological polar surface area (TPSA) is 18.5 Å². The van der Waals surface area contributed by atoms with Gasteiger partial charge >= 0.3 is 29.0 Å². The van der Waals surface area contributed by atoms with E-state index in [2.05, 4.69) is 17.4 Å². The standard InChI is InChI=1S/C4H8O.CH3O.4CH4.3CH3.2Al/c1-2-3-4-5;1-2;;;;;;;;;/h1-4H2;1H3;4*1H4;3*1H3;;/q2*-1;;;;;;;;2*+1. The molecule has 0 spiro atoms. The number of rotatable bonds is 1. The van der Waals surface area contributed by atoms with E-state index >= 15 is 0 Å². The molecule has 1 saturated heterocycles. The number of hydrogen-bond donors (Lipinski definition) is 0. The minimum atomic E-state index is -0.650. The van der Waals surface area contributed by atoms with E-state index in [1.54, 1.807) is 7.11 Å². The molecule has 2 nitrogen and oxygen atoms in total. The summed E-state index contributed by atoms with van der Waals surface area (Å²) in [6, 6.07) is 0. The molecule has 1 aliphatic heterocycles. The Morgan fingerprint density at radius 2 is 1.50 bits per heavy atom. The second kappa shape index (κ2) is 21.3. The Bertz CT molecular complexity index is 95.0. The predicted octanol–water partition coefficient (Wildman–Crippen LogP) is 4.85. The summed E-state index contributed by atoms with van der Waals surface area (Å²) in [5, 5.41) is 1.40. The lowest BCUT2D eigenvalue weighted by atomic mass is 10.4. The fourth-order valence-electron chi connectivity index (χ4n) is 0.902. The van der Waals surface area contributed by atoms with Gasteiger partial charge in [-0.2, -0.15) is 0 Å². The zero-order valence-corrected chi connectivity index (χ0v) is 11.1. The average Bonchev–Trinajstić information content (AvgIpc) is 2.07. The number of hydrogen-bond acceptors (Lipinski definition) is 2. The van der Waals surface area contributed by atoms with Crippen LogP contribution in [0, 0.1) is 0 Å². The van der Waals surface area contributed by atoms with E-state index in [4.69, 9.17) is 7.58 Å². The molecule has 1 fully saturated rings. The van der Waals surface area contributed by atoms with Gasteiger partial charge < -0.3 is 7.58 Å². The van der Waals surface area contributed by atoms with Gasteiger partial charge in [0.1, 0.15) is 0 Å². The zero-order chi connectivity index (χ0) is 9.40. The molecule has 0 aliphatic carbocycles. The maximum Gasteiger partial charge on any atom is 0.457 e. The van der Waals surface area contributed by atoms with Gasteiger partial charge in [-0.15, -0.1) is 0 Å². The summed E-state index contributed by atoms with van der Waals surface area (Å²) >= 11 is -1.24. The Balaban J connectivity index is -0.0000000419. The maximum atomic E-state index is 5.42. The van der Waals surface area contributed by atoms with Gasteiger partial charge in [0, 0.05) is 13.7 Å². The van der Waals surface area contributed by atoms with Crippen LogP contribution in [0.25, 0.3) is 0 Å². The summed E-state index contributed by atoms with van der Waals surface area (Å²) in [6.07, 6.45) is 2.73.